The number of nitrogens with zero attached hydrogens (tertiary/aromatic N) is 3. The normalized spacial score (nSPS) is 10.8. The van der Waals surface area contributed by atoms with E-state index in [-0.39, 0.29) is 11.6 Å². The fourth-order valence-corrected chi connectivity index (χ4v) is 2.97. The third kappa shape index (κ3) is 3.76. The highest BCUT2D eigenvalue weighted by Gasteiger charge is 2.11. The molecule has 4 nitrogen and oxygen atoms in total. The molecule has 0 saturated heterocycles. The Labute approximate surface area is 144 Å². The van der Waals surface area contributed by atoms with Crippen molar-refractivity contribution < 1.29 is 9.13 Å². The predicted molar refractivity (Wildman–Crippen MR) is 93.8 cm³/mol. The summed E-state index contributed by atoms with van der Waals surface area (Å²) >= 11 is 1.53. The maximum Gasteiger partial charge on any atom is 0.191 e. The number of ether oxygens (including phenoxy) is 1. The number of aryl methyl sites for hydroxylation is 1. The second-order valence-electron chi connectivity index (χ2n) is 5.36. The lowest BCUT2D eigenvalue weighted by Crippen LogP contribution is -2.03. The Morgan fingerprint density at radius 1 is 1.08 bits per heavy atom. The largest absolute Gasteiger partial charge is 0.490 e. The van der Waals surface area contributed by atoms with E-state index in [1.165, 1.54) is 23.4 Å². The van der Waals surface area contributed by atoms with Crippen molar-refractivity contribution in [3.63, 3.8) is 0 Å². The lowest BCUT2D eigenvalue weighted by Gasteiger charge is -2.07. The van der Waals surface area contributed by atoms with Crippen LogP contribution in [0, 0.1) is 12.7 Å². The van der Waals surface area contributed by atoms with Crippen LogP contribution in [0.15, 0.2) is 53.7 Å². The summed E-state index contributed by atoms with van der Waals surface area (Å²) in [5.41, 5.74) is 2.24. The van der Waals surface area contributed by atoms with Crippen LogP contribution in [0.5, 0.6) is 5.75 Å². The number of thioether (sulfide) groups is 1. The molecule has 6 heteroatoms. The van der Waals surface area contributed by atoms with Crippen molar-refractivity contribution in [2.75, 3.05) is 12.4 Å². The molecule has 0 atom stereocenters. The minimum atomic E-state index is -0.345. The molecule has 3 rings (SSSR count). The van der Waals surface area contributed by atoms with Crippen molar-refractivity contribution in [1.29, 1.82) is 0 Å². The molecular weight excluding hydrogens is 325 g/mol. The SMILES string of the molecule is Cc1ccc(-c2nnc(SCCOc3ccccc3F)n2C)cc1. The van der Waals surface area contributed by atoms with E-state index in [9.17, 15) is 4.39 Å². The second kappa shape index (κ2) is 7.49. The zero-order valence-electron chi connectivity index (χ0n) is 13.6. The van der Waals surface area contributed by atoms with Crippen LogP contribution in [0.1, 0.15) is 5.56 Å². The third-order valence-electron chi connectivity index (χ3n) is 3.55. The molecular formula is C18H18FN3OS. The average molecular weight is 343 g/mol. The van der Waals surface area contributed by atoms with Crippen LogP contribution in [0.4, 0.5) is 4.39 Å². The molecule has 1 heterocycles. The smallest absolute Gasteiger partial charge is 0.191 e. The summed E-state index contributed by atoms with van der Waals surface area (Å²) in [7, 11) is 1.94. The van der Waals surface area contributed by atoms with E-state index < -0.39 is 0 Å². The first-order chi connectivity index (χ1) is 11.6. The predicted octanol–water partition coefficient (Wildman–Crippen LogP) is 4.10. The Hall–Kier alpha value is -2.34. The lowest BCUT2D eigenvalue weighted by atomic mass is 10.1. The first-order valence-corrected chi connectivity index (χ1v) is 8.60. The van der Waals surface area contributed by atoms with Gasteiger partial charge in [-0.25, -0.2) is 4.39 Å². The van der Waals surface area contributed by atoms with Gasteiger partial charge >= 0.3 is 0 Å². The fourth-order valence-electron chi connectivity index (χ4n) is 2.24. The quantitative estimate of drug-likeness (QED) is 0.499. The van der Waals surface area contributed by atoms with Crippen LogP contribution in [0.25, 0.3) is 11.4 Å². The van der Waals surface area contributed by atoms with Gasteiger partial charge in [0.15, 0.2) is 22.5 Å². The molecule has 0 unspecified atom stereocenters. The molecule has 0 fully saturated rings. The number of hydrogen-bond donors (Lipinski definition) is 0. The van der Waals surface area contributed by atoms with E-state index >= 15 is 0 Å². The molecule has 0 bridgehead atoms. The minimum absolute atomic E-state index is 0.274. The molecule has 3 aromatic rings. The van der Waals surface area contributed by atoms with Crippen molar-refractivity contribution in [1.82, 2.24) is 14.8 Å². The van der Waals surface area contributed by atoms with Crippen molar-refractivity contribution in [3.05, 3.63) is 59.9 Å². The molecule has 0 aliphatic heterocycles. The van der Waals surface area contributed by atoms with Gasteiger partial charge in [-0.15, -0.1) is 10.2 Å². The van der Waals surface area contributed by atoms with Gasteiger partial charge in [-0.05, 0) is 19.1 Å². The second-order valence-corrected chi connectivity index (χ2v) is 6.42. The Kier molecular flexibility index (Phi) is 5.15. The van der Waals surface area contributed by atoms with Crippen LogP contribution >= 0.6 is 11.8 Å². The molecule has 24 heavy (non-hydrogen) atoms. The highest BCUT2D eigenvalue weighted by molar-refractivity contribution is 7.99. The van der Waals surface area contributed by atoms with E-state index in [2.05, 4.69) is 29.3 Å². The maximum absolute atomic E-state index is 13.5. The first kappa shape index (κ1) is 16.5. The monoisotopic (exact) mass is 343 g/mol. The van der Waals surface area contributed by atoms with Gasteiger partial charge in [0.25, 0.3) is 0 Å². The number of benzene rings is 2. The third-order valence-corrected chi connectivity index (χ3v) is 4.54. The topological polar surface area (TPSA) is 39.9 Å². The Balaban J connectivity index is 1.58. The summed E-state index contributed by atoms with van der Waals surface area (Å²) in [5.74, 6) is 1.42. The van der Waals surface area contributed by atoms with Crippen molar-refractivity contribution in [3.8, 4) is 17.1 Å². The van der Waals surface area contributed by atoms with Gasteiger partial charge in [0.1, 0.15) is 0 Å². The first-order valence-electron chi connectivity index (χ1n) is 7.61. The van der Waals surface area contributed by atoms with Crippen LogP contribution in [-0.4, -0.2) is 27.1 Å². The molecule has 0 aliphatic carbocycles. The van der Waals surface area contributed by atoms with Crippen molar-refractivity contribution in [2.45, 2.75) is 12.1 Å². The van der Waals surface area contributed by atoms with E-state index in [1.807, 2.05) is 23.7 Å². The van der Waals surface area contributed by atoms with Gasteiger partial charge in [0, 0.05) is 18.4 Å². The van der Waals surface area contributed by atoms with Crippen molar-refractivity contribution in [2.24, 2.45) is 7.05 Å². The highest BCUT2D eigenvalue weighted by Crippen LogP contribution is 2.23. The van der Waals surface area contributed by atoms with Gasteiger partial charge in [-0.3, -0.25) is 0 Å². The lowest BCUT2D eigenvalue weighted by molar-refractivity contribution is 0.325. The Morgan fingerprint density at radius 3 is 2.58 bits per heavy atom. The summed E-state index contributed by atoms with van der Waals surface area (Å²) in [6.45, 7) is 2.45. The summed E-state index contributed by atoms with van der Waals surface area (Å²) in [5, 5.41) is 9.29. The standard InChI is InChI=1S/C18H18FN3OS/c1-13-7-9-14(10-8-13)17-20-21-18(22(17)2)24-12-11-23-16-6-4-3-5-15(16)19/h3-10H,11-12H2,1-2H3. The van der Waals surface area contributed by atoms with Crippen LogP contribution in [-0.2, 0) is 7.05 Å². The molecule has 124 valence electrons. The van der Waals surface area contributed by atoms with E-state index in [4.69, 9.17) is 4.74 Å². The Morgan fingerprint density at radius 2 is 1.83 bits per heavy atom. The number of aromatic nitrogens is 3. The van der Waals surface area contributed by atoms with Gasteiger partial charge in [0.05, 0.1) is 6.61 Å². The molecule has 0 radical (unpaired) electrons. The maximum atomic E-state index is 13.5. The Bertz CT molecular complexity index is 817. The number of para-hydroxylation sites is 1. The van der Waals surface area contributed by atoms with E-state index in [0.29, 0.717) is 12.4 Å². The highest BCUT2D eigenvalue weighted by atomic mass is 32.2. The van der Waals surface area contributed by atoms with Gasteiger partial charge in [-0.1, -0.05) is 53.7 Å². The van der Waals surface area contributed by atoms with Crippen LogP contribution < -0.4 is 4.74 Å². The molecule has 2 aromatic carbocycles. The summed E-state index contributed by atoms with van der Waals surface area (Å²) in [6, 6.07) is 14.6. The number of halogens is 1. The summed E-state index contributed by atoms with van der Waals surface area (Å²) in [4.78, 5) is 0. The number of rotatable bonds is 6. The molecule has 0 N–H and O–H groups in total. The number of hydrogen-bond acceptors (Lipinski definition) is 4. The zero-order valence-corrected chi connectivity index (χ0v) is 14.4. The molecule has 0 aliphatic rings. The average Bonchev–Trinajstić information content (AvgIpc) is 2.95. The van der Waals surface area contributed by atoms with Gasteiger partial charge < -0.3 is 9.30 Å². The molecule has 0 spiro atoms. The van der Waals surface area contributed by atoms with Crippen molar-refractivity contribution >= 4 is 11.8 Å². The zero-order chi connectivity index (χ0) is 16.9. The molecule has 0 amide bonds. The summed E-state index contributed by atoms with van der Waals surface area (Å²) < 4.78 is 20.9. The van der Waals surface area contributed by atoms with Gasteiger partial charge in [-0.2, -0.15) is 0 Å². The van der Waals surface area contributed by atoms with Crippen LogP contribution in [0.2, 0.25) is 0 Å². The van der Waals surface area contributed by atoms with Crippen LogP contribution in [0.3, 0.4) is 0 Å². The fraction of sp³-hybridized carbons (Fsp3) is 0.222. The molecule has 1 aromatic heterocycles. The molecule has 0 saturated carbocycles. The van der Waals surface area contributed by atoms with E-state index in [1.54, 1.807) is 18.2 Å². The summed E-state index contributed by atoms with van der Waals surface area (Å²) in [6.07, 6.45) is 0. The van der Waals surface area contributed by atoms with E-state index in [0.717, 1.165) is 16.5 Å². The van der Waals surface area contributed by atoms with Gasteiger partial charge in [0.2, 0.25) is 0 Å². The minimum Gasteiger partial charge on any atom is -0.490 e.